The van der Waals surface area contributed by atoms with Crippen LogP contribution in [0.2, 0.25) is 0 Å². The van der Waals surface area contributed by atoms with Gasteiger partial charge in [-0.1, -0.05) is 30.3 Å². The van der Waals surface area contributed by atoms with E-state index >= 15 is 0 Å². The number of hydrogen-bond donors (Lipinski definition) is 1. The molecule has 2 fully saturated rings. The zero-order chi connectivity index (χ0) is 21.1. The summed E-state index contributed by atoms with van der Waals surface area (Å²) in [6.07, 6.45) is 8.53. The Morgan fingerprint density at radius 1 is 1.17 bits per heavy atom. The fraction of sp³-hybridized carbons (Fsp3) is 0.591. The zero-order valence-corrected chi connectivity index (χ0v) is 19.3. The van der Waals surface area contributed by atoms with Crippen LogP contribution in [0.25, 0.3) is 0 Å². The van der Waals surface area contributed by atoms with Gasteiger partial charge in [0, 0.05) is 12.6 Å². The van der Waals surface area contributed by atoms with E-state index in [0.717, 1.165) is 48.7 Å². The Morgan fingerprint density at radius 2 is 1.90 bits per heavy atom. The molecule has 4 rings (SSSR count). The van der Waals surface area contributed by atoms with E-state index in [-0.39, 0.29) is 18.2 Å². The highest BCUT2D eigenvalue weighted by Gasteiger charge is 2.37. The predicted octanol–water partition coefficient (Wildman–Crippen LogP) is 3.69. The molecule has 1 unspecified atom stereocenters. The van der Waals surface area contributed by atoms with Crippen molar-refractivity contribution in [3.63, 3.8) is 0 Å². The summed E-state index contributed by atoms with van der Waals surface area (Å²) in [5, 5.41) is 2.11. The van der Waals surface area contributed by atoms with Crippen molar-refractivity contribution in [2.75, 3.05) is 24.3 Å². The molecule has 8 heteroatoms. The number of aromatic nitrogens is 1. The monoisotopic (exact) mass is 449 g/mol. The maximum Gasteiger partial charge on any atom is 0.209 e. The van der Waals surface area contributed by atoms with E-state index in [1.165, 1.54) is 11.8 Å². The first kappa shape index (κ1) is 21.7. The number of sulfonamides is 1. The number of nitrogens with zero attached hydrogens (tertiary/aromatic N) is 2. The lowest BCUT2D eigenvalue weighted by molar-refractivity contribution is 0.0157. The topological polar surface area (TPSA) is 71.5 Å². The van der Waals surface area contributed by atoms with Crippen molar-refractivity contribution in [3.8, 4) is 0 Å². The summed E-state index contributed by atoms with van der Waals surface area (Å²) in [7, 11) is -3.27. The van der Waals surface area contributed by atoms with Crippen LogP contribution in [0.4, 0.5) is 5.00 Å². The number of benzene rings is 1. The molecule has 0 bridgehead atoms. The second kappa shape index (κ2) is 9.34. The standard InChI is InChI=1S/C22H31N3O3S2/c1-16-23-14-22(29-16)25-13-12-20(24-30(2,26)27)21(25)15-28-19-10-8-18(9-11-19)17-6-4-3-5-7-17/h3-7,14,18-21,24H,8-13,15H2,1-2H3/t18?,19?,20-,21?/m0/s1. The molecule has 164 valence electrons. The number of ether oxygens (including phenoxy) is 1. The highest BCUT2D eigenvalue weighted by molar-refractivity contribution is 7.88. The van der Waals surface area contributed by atoms with Crippen LogP contribution in [0.3, 0.4) is 0 Å². The molecule has 2 aromatic rings. The van der Waals surface area contributed by atoms with Gasteiger partial charge in [0.1, 0.15) is 5.00 Å². The Bertz CT molecular complexity index is 924. The van der Waals surface area contributed by atoms with E-state index in [9.17, 15) is 8.42 Å². The first-order valence-electron chi connectivity index (χ1n) is 10.7. The van der Waals surface area contributed by atoms with Gasteiger partial charge in [0.2, 0.25) is 10.0 Å². The zero-order valence-electron chi connectivity index (χ0n) is 17.7. The van der Waals surface area contributed by atoms with E-state index < -0.39 is 10.0 Å². The van der Waals surface area contributed by atoms with Gasteiger partial charge in [0.05, 0.1) is 36.2 Å². The molecule has 1 aromatic carbocycles. The van der Waals surface area contributed by atoms with Crippen LogP contribution in [-0.4, -0.2) is 51.0 Å². The van der Waals surface area contributed by atoms with Crippen molar-refractivity contribution in [1.82, 2.24) is 9.71 Å². The Morgan fingerprint density at radius 3 is 2.53 bits per heavy atom. The normalized spacial score (nSPS) is 27.5. The molecule has 2 atom stereocenters. The Hall–Kier alpha value is -1.48. The van der Waals surface area contributed by atoms with Crippen LogP contribution in [0, 0.1) is 6.92 Å². The molecule has 1 N–H and O–H groups in total. The van der Waals surface area contributed by atoms with Gasteiger partial charge in [-0.15, -0.1) is 11.3 Å². The van der Waals surface area contributed by atoms with Gasteiger partial charge in [-0.2, -0.15) is 0 Å². The Kier molecular flexibility index (Phi) is 6.77. The number of hydrogen-bond acceptors (Lipinski definition) is 6. The van der Waals surface area contributed by atoms with E-state index in [2.05, 4.69) is 44.9 Å². The fourth-order valence-electron chi connectivity index (χ4n) is 4.75. The van der Waals surface area contributed by atoms with Crippen LogP contribution < -0.4 is 9.62 Å². The van der Waals surface area contributed by atoms with Crippen LogP contribution in [-0.2, 0) is 14.8 Å². The summed E-state index contributed by atoms with van der Waals surface area (Å²) in [5.41, 5.74) is 1.43. The van der Waals surface area contributed by atoms with Gasteiger partial charge < -0.3 is 9.64 Å². The molecule has 0 spiro atoms. The smallest absolute Gasteiger partial charge is 0.209 e. The molecular formula is C22H31N3O3S2. The third-order valence-corrected chi connectivity index (χ3v) is 7.93. The minimum atomic E-state index is -3.27. The third kappa shape index (κ3) is 5.41. The summed E-state index contributed by atoms with van der Waals surface area (Å²) >= 11 is 1.65. The fourth-order valence-corrected chi connectivity index (χ4v) is 6.43. The van der Waals surface area contributed by atoms with E-state index in [1.807, 2.05) is 13.1 Å². The van der Waals surface area contributed by atoms with Crippen molar-refractivity contribution in [2.45, 2.75) is 63.1 Å². The molecule has 1 saturated carbocycles. The van der Waals surface area contributed by atoms with Crippen LogP contribution in [0.1, 0.15) is 48.6 Å². The number of nitrogens with one attached hydrogen (secondary N) is 1. The van der Waals surface area contributed by atoms with Gasteiger partial charge in [-0.3, -0.25) is 0 Å². The largest absolute Gasteiger partial charge is 0.376 e. The highest BCUT2D eigenvalue weighted by atomic mass is 32.2. The number of rotatable bonds is 7. The highest BCUT2D eigenvalue weighted by Crippen LogP contribution is 2.35. The molecule has 6 nitrogen and oxygen atoms in total. The molecule has 1 saturated heterocycles. The summed E-state index contributed by atoms with van der Waals surface area (Å²) in [4.78, 5) is 6.65. The average Bonchev–Trinajstić information content (AvgIpc) is 3.32. The predicted molar refractivity (Wildman–Crippen MR) is 122 cm³/mol. The van der Waals surface area contributed by atoms with Gasteiger partial charge in [0.25, 0.3) is 0 Å². The minimum Gasteiger partial charge on any atom is -0.376 e. The van der Waals surface area contributed by atoms with Crippen LogP contribution >= 0.6 is 11.3 Å². The summed E-state index contributed by atoms with van der Waals surface area (Å²) in [6.45, 7) is 3.33. The molecule has 1 aromatic heterocycles. The first-order chi connectivity index (χ1) is 14.4. The maximum atomic E-state index is 11.9. The van der Waals surface area contributed by atoms with E-state index in [0.29, 0.717) is 12.5 Å². The van der Waals surface area contributed by atoms with Gasteiger partial charge >= 0.3 is 0 Å². The summed E-state index contributed by atoms with van der Waals surface area (Å²) in [5.74, 6) is 0.619. The third-order valence-electron chi connectivity index (χ3n) is 6.25. The van der Waals surface area contributed by atoms with E-state index in [1.54, 1.807) is 11.3 Å². The molecule has 0 amide bonds. The van der Waals surface area contributed by atoms with Gasteiger partial charge in [-0.25, -0.2) is 18.1 Å². The first-order valence-corrected chi connectivity index (χ1v) is 13.4. The van der Waals surface area contributed by atoms with Gasteiger partial charge in [0.15, 0.2) is 0 Å². The molecule has 30 heavy (non-hydrogen) atoms. The van der Waals surface area contributed by atoms with Crippen molar-refractivity contribution in [1.29, 1.82) is 0 Å². The minimum absolute atomic E-state index is 0.00794. The quantitative estimate of drug-likeness (QED) is 0.698. The average molecular weight is 450 g/mol. The van der Waals surface area contributed by atoms with Crippen molar-refractivity contribution < 1.29 is 13.2 Å². The summed E-state index contributed by atoms with van der Waals surface area (Å²) < 4.78 is 32.9. The lowest BCUT2D eigenvalue weighted by Gasteiger charge is -2.33. The van der Waals surface area contributed by atoms with Gasteiger partial charge in [-0.05, 0) is 50.5 Å². The van der Waals surface area contributed by atoms with E-state index in [4.69, 9.17) is 4.74 Å². The molecular weight excluding hydrogens is 418 g/mol. The SMILES string of the molecule is Cc1ncc(N2CC[C@H](NS(C)(=O)=O)C2COC2CCC(c3ccccc3)CC2)s1. The molecule has 1 aliphatic carbocycles. The number of anilines is 1. The Labute approximate surface area is 183 Å². The van der Waals surface area contributed by atoms with Crippen LogP contribution in [0.15, 0.2) is 36.5 Å². The van der Waals surface area contributed by atoms with Crippen molar-refractivity contribution in [3.05, 3.63) is 47.1 Å². The lowest BCUT2D eigenvalue weighted by atomic mass is 9.83. The Balaban J connectivity index is 1.37. The molecule has 0 radical (unpaired) electrons. The molecule has 2 heterocycles. The molecule has 2 aliphatic rings. The molecule has 1 aliphatic heterocycles. The lowest BCUT2D eigenvalue weighted by Crippen LogP contribution is -2.47. The van der Waals surface area contributed by atoms with Crippen LogP contribution in [0.5, 0.6) is 0 Å². The van der Waals surface area contributed by atoms with Crippen molar-refractivity contribution >= 4 is 26.4 Å². The number of thiazole rings is 1. The second-order valence-electron chi connectivity index (χ2n) is 8.48. The summed E-state index contributed by atoms with van der Waals surface area (Å²) in [6, 6.07) is 10.6. The maximum absolute atomic E-state index is 11.9. The van der Waals surface area contributed by atoms with Crippen molar-refractivity contribution in [2.24, 2.45) is 0 Å². The number of aryl methyl sites for hydroxylation is 1. The second-order valence-corrected chi connectivity index (χ2v) is 11.5.